The van der Waals surface area contributed by atoms with Gasteiger partial charge in [0, 0.05) is 13.1 Å². The quantitative estimate of drug-likeness (QED) is 0.535. The van der Waals surface area contributed by atoms with Crippen LogP contribution in [0.2, 0.25) is 0 Å². The highest BCUT2D eigenvalue weighted by molar-refractivity contribution is 6.01. The average molecular weight is 390 g/mol. The smallest absolute Gasteiger partial charge is 0.264 e. The van der Waals surface area contributed by atoms with Gasteiger partial charge in [-0.15, -0.1) is 0 Å². The lowest BCUT2D eigenvalue weighted by atomic mass is 10.1. The number of amides is 1. The fourth-order valence-corrected chi connectivity index (χ4v) is 3.38. The largest absolute Gasteiger partial charge is 0.493 e. The Morgan fingerprint density at radius 2 is 1.79 bits per heavy atom. The fraction of sp³-hybridized carbons (Fsp3) is 0.333. The van der Waals surface area contributed by atoms with E-state index >= 15 is 0 Å². The van der Waals surface area contributed by atoms with Gasteiger partial charge in [-0.05, 0) is 42.2 Å². The van der Waals surface area contributed by atoms with Crippen LogP contribution in [0.5, 0.6) is 11.5 Å². The molecule has 0 N–H and O–H groups in total. The minimum absolute atomic E-state index is 0.145. The van der Waals surface area contributed by atoms with Crippen LogP contribution in [0, 0.1) is 11.3 Å². The second-order valence-corrected chi connectivity index (χ2v) is 7.06. The van der Waals surface area contributed by atoms with Crippen molar-refractivity contribution in [3.63, 3.8) is 0 Å². The molecule has 1 amide bonds. The van der Waals surface area contributed by atoms with Gasteiger partial charge in [-0.25, -0.2) is 0 Å². The van der Waals surface area contributed by atoms with Gasteiger partial charge >= 0.3 is 0 Å². The maximum Gasteiger partial charge on any atom is 0.264 e. The number of ether oxygens (including phenoxy) is 2. The van der Waals surface area contributed by atoms with Gasteiger partial charge in [0.15, 0.2) is 11.5 Å². The predicted octanol–water partition coefficient (Wildman–Crippen LogP) is 4.58. The van der Waals surface area contributed by atoms with Gasteiger partial charge in [-0.3, -0.25) is 4.79 Å². The van der Waals surface area contributed by atoms with E-state index in [-0.39, 0.29) is 11.5 Å². The van der Waals surface area contributed by atoms with Crippen molar-refractivity contribution in [2.75, 3.05) is 20.2 Å². The van der Waals surface area contributed by atoms with E-state index in [4.69, 9.17) is 9.47 Å². The van der Waals surface area contributed by atoms with Crippen molar-refractivity contribution in [3.05, 3.63) is 65.2 Å². The molecule has 0 aromatic heterocycles. The summed E-state index contributed by atoms with van der Waals surface area (Å²) in [6.07, 6.45) is 5.88. The monoisotopic (exact) mass is 390 g/mol. The van der Waals surface area contributed by atoms with Gasteiger partial charge in [-0.2, -0.15) is 5.26 Å². The maximum absolute atomic E-state index is 12.7. The first kappa shape index (κ1) is 20.5. The van der Waals surface area contributed by atoms with Crippen LogP contribution in [0.3, 0.4) is 0 Å². The number of benzene rings is 2. The van der Waals surface area contributed by atoms with E-state index in [1.54, 1.807) is 30.2 Å². The van der Waals surface area contributed by atoms with Gasteiger partial charge in [-0.1, -0.05) is 49.2 Å². The zero-order valence-electron chi connectivity index (χ0n) is 16.8. The molecule has 1 fully saturated rings. The zero-order chi connectivity index (χ0) is 20.5. The third kappa shape index (κ3) is 5.61. The fourth-order valence-electron chi connectivity index (χ4n) is 3.38. The summed E-state index contributed by atoms with van der Waals surface area (Å²) in [7, 11) is 1.58. The van der Waals surface area contributed by atoms with Crippen LogP contribution in [0.15, 0.2) is 54.1 Å². The molecular formula is C24H26N2O3. The standard InChI is InChI=1S/C24H26N2O3/c1-28-23-16-20(11-12-22(23)29-18-19-9-5-4-6-10-19)15-21(17-25)24(27)26-13-7-2-3-8-14-26/h4-6,9-12,15-16H,2-3,7-8,13-14,18H2,1H3/b21-15+. The average Bonchev–Trinajstić information content (AvgIpc) is 3.06. The van der Waals surface area contributed by atoms with Gasteiger partial charge in [0.05, 0.1) is 7.11 Å². The molecule has 2 aromatic rings. The molecule has 1 aliphatic rings. The molecule has 2 aromatic carbocycles. The number of hydrogen-bond acceptors (Lipinski definition) is 4. The second-order valence-electron chi connectivity index (χ2n) is 7.06. The molecule has 5 nitrogen and oxygen atoms in total. The molecule has 29 heavy (non-hydrogen) atoms. The van der Waals surface area contributed by atoms with E-state index in [1.165, 1.54) is 0 Å². The van der Waals surface area contributed by atoms with Crippen LogP contribution in [-0.4, -0.2) is 31.0 Å². The van der Waals surface area contributed by atoms with Crippen molar-refractivity contribution in [1.29, 1.82) is 5.26 Å². The van der Waals surface area contributed by atoms with Crippen LogP contribution in [0.4, 0.5) is 0 Å². The summed E-state index contributed by atoms with van der Waals surface area (Å²) in [6.45, 7) is 1.87. The highest BCUT2D eigenvalue weighted by Crippen LogP contribution is 2.30. The summed E-state index contributed by atoms with van der Waals surface area (Å²) in [4.78, 5) is 14.5. The van der Waals surface area contributed by atoms with Crippen molar-refractivity contribution in [2.45, 2.75) is 32.3 Å². The summed E-state index contributed by atoms with van der Waals surface area (Å²) in [5.74, 6) is 0.984. The molecule has 0 saturated carbocycles. The van der Waals surface area contributed by atoms with Crippen LogP contribution >= 0.6 is 0 Å². The molecule has 150 valence electrons. The highest BCUT2D eigenvalue weighted by atomic mass is 16.5. The number of carbonyl (C=O) groups is 1. The van der Waals surface area contributed by atoms with Crippen molar-refractivity contribution in [3.8, 4) is 17.6 Å². The normalized spacial score (nSPS) is 14.6. The number of carbonyl (C=O) groups excluding carboxylic acids is 1. The Labute approximate surface area is 172 Å². The number of nitriles is 1. The van der Waals surface area contributed by atoms with Crippen molar-refractivity contribution < 1.29 is 14.3 Å². The molecule has 1 saturated heterocycles. The Bertz CT molecular complexity index is 892. The molecule has 0 aliphatic carbocycles. The van der Waals surface area contributed by atoms with E-state index in [9.17, 15) is 10.1 Å². The van der Waals surface area contributed by atoms with Crippen LogP contribution < -0.4 is 9.47 Å². The molecule has 0 bridgehead atoms. The summed E-state index contributed by atoms with van der Waals surface area (Å²) in [6, 6.07) is 17.4. The topological polar surface area (TPSA) is 62.6 Å². The minimum atomic E-state index is -0.197. The van der Waals surface area contributed by atoms with Gasteiger partial charge < -0.3 is 14.4 Å². The van der Waals surface area contributed by atoms with Crippen LogP contribution in [0.1, 0.15) is 36.8 Å². The third-order valence-corrected chi connectivity index (χ3v) is 4.98. The Morgan fingerprint density at radius 1 is 1.07 bits per heavy atom. The molecule has 5 heteroatoms. The lowest BCUT2D eigenvalue weighted by Crippen LogP contribution is -2.32. The molecular weight excluding hydrogens is 364 g/mol. The first-order valence-corrected chi connectivity index (χ1v) is 9.97. The van der Waals surface area contributed by atoms with E-state index in [0.29, 0.717) is 31.2 Å². The van der Waals surface area contributed by atoms with Crippen molar-refractivity contribution in [1.82, 2.24) is 4.90 Å². The predicted molar refractivity (Wildman–Crippen MR) is 112 cm³/mol. The lowest BCUT2D eigenvalue weighted by Gasteiger charge is -2.19. The van der Waals surface area contributed by atoms with Crippen LogP contribution in [-0.2, 0) is 11.4 Å². The number of methoxy groups -OCH3 is 1. The van der Waals surface area contributed by atoms with E-state index < -0.39 is 0 Å². The Kier molecular flexibility index (Phi) is 7.29. The molecule has 1 heterocycles. The number of rotatable bonds is 6. The lowest BCUT2D eigenvalue weighted by molar-refractivity contribution is -0.126. The van der Waals surface area contributed by atoms with Crippen molar-refractivity contribution >= 4 is 12.0 Å². The summed E-state index contributed by atoms with van der Waals surface area (Å²) < 4.78 is 11.3. The van der Waals surface area contributed by atoms with Gasteiger partial charge in [0.25, 0.3) is 5.91 Å². The molecule has 0 unspecified atom stereocenters. The molecule has 1 aliphatic heterocycles. The Hall–Kier alpha value is -3.26. The molecule has 3 rings (SSSR count). The Morgan fingerprint density at radius 3 is 2.45 bits per heavy atom. The number of nitrogens with zero attached hydrogens (tertiary/aromatic N) is 2. The minimum Gasteiger partial charge on any atom is -0.493 e. The first-order valence-electron chi connectivity index (χ1n) is 9.97. The summed E-state index contributed by atoms with van der Waals surface area (Å²) in [5.41, 5.74) is 1.94. The van der Waals surface area contributed by atoms with Crippen molar-refractivity contribution in [2.24, 2.45) is 0 Å². The maximum atomic E-state index is 12.7. The SMILES string of the molecule is COc1cc(/C=C(\C#N)C(=O)N2CCCCCC2)ccc1OCc1ccccc1. The second kappa shape index (κ2) is 10.3. The summed E-state index contributed by atoms with van der Waals surface area (Å²) in [5, 5.41) is 9.53. The third-order valence-electron chi connectivity index (χ3n) is 4.98. The van der Waals surface area contributed by atoms with Gasteiger partial charge in [0.2, 0.25) is 0 Å². The van der Waals surface area contributed by atoms with Gasteiger partial charge in [0.1, 0.15) is 18.2 Å². The molecule has 0 atom stereocenters. The van der Waals surface area contributed by atoms with E-state index in [2.05, 4.69) is 6.07 Å². The highest BCUT2D eigenvalue weighted by Gasteiger charge is 2.19. The van der Waals surface area contributed by atoms with E-state index in [1.807, 2.05) is 36.4 Å². The number of likely N-dealkylation sites (tertiary alicyclic amines) is 1. The first-order chi connectivity index (χ1) is 14.2. The molecule has 0 spiro atoms. The van der Waals surface area contributed by atoms with Crippen LogP contribution in [0.25, 0.3) is 6.08 Å². The summed E-state index contributed by atoms with van der Waals surface area (Å²) >= 11 is 0. The zero-order valence-corrected chi connectivity index (χ0v) is 16.8. The molecule has 0 radical (unpaired) electrons. The Balaban J connectivity index is 1.75. The number of hydrogen-bond donors (Lipinski definition) is 0. The van der Waals surface area contributed by atoms with E-state index in [0.717, 1.165) is 36.8 Å².